The number of nitrogens with zero attached hydrogens (tertiary/aromatic N) is 1. The zero-order valence-electron chi connectivity index (χ0n) is 12.6. The summed E-state index contributed by atoms with van der Waals surface area (Å²) in [6, 6.07) is 9.57. The number of nitrogens with one attached hydrogen (secondary N) is 1. The van der Waals surface area contributed by atoms with Gasteiger partial charge in [-0.15, -0.1) is 0 Å². The van der Waals surface area contributed by atoms with Crippen LogP contribution >= 0.6 is 15.9 Å². The summed E-state index contributed by atoms with van der Waals surface area (Å²) in [4.78, 5) is 2.52. The first-order valence-corrected chi connectivity index (χ1v) is 8.11. The molecule has 1 aromatic rings. The molecule has 1 rings (SSSR count). The van der Waals surface area contributed by atoms with Gasteiger partial charge in [-0.1, -0.05) is 48.0 Å². The van der Waals surface area contributed by atoms with E-state index >= 15 is 0 Å². The van der Waals surface area contributed by atoms with Crippen molar-refractivity contribution in [2.75, 3.05) is 19.6 Å². The van der Waals surface area contributed by atoms with Gasteiger partial charge >= 0.3 is 0 Å². The average molecular weight is 327 g/mol. The molecule has 0 aliphatic carbocycles. The van der Waals surface area contributed by atoms with Crippen molar-refractivity contribution in [3.63, 3.8) is 0 Å². The quantitative estimate of drug-likeness (QED) is 0.769. The van der Waals surface area contributed by atoms with Crippen LogP contribution in [0.15, 0.2) is 28.7 Å². The molecule has 1 unspecified atom stereocenters. The molecule has 0 radical (unpaired) electrons. The van der Waals surface area contributed by atoms with E-state index in [9.17, 15) is 0 Å². The van der Waals surface area contributed by atoms with E-state index < -0.39 is 0 Å². The van der Waals surface area contributed by atoms with E-state index in [1.54, 1.807) is 0 Å². The van der Waals surface area contributed by atoms with Crippen molar-refractivity contribution in [2.45, 2.75) is 46.2 Å². The van der Waals surface area contributed by atoms with Crippen LogP contribution in [0.1, 0.15) is 45.7 Å². The van der Waals surface area contributed by atoms with Crippen LogP contribution in [0.4, 0.5) is 0 Å². The van der Waals surface area contributed by atoms with E-state index in [-0.39, 0.29) is 0 Å². The van der Waals surface area contributed by atoms with Crippen LogP contribution in [0.25, 0.3) is 0 Å². The highest BCUT2D eigenvalue weighted by Crippen LogP contribution is 2.25. The van der Waals surface area contributed by atoms with Gasteiger partial charge in [0, 0.05) is 23.1 Å². The Bertz CT molecular complexity index is 366. The first-order chi connectivity index (χ1) is 9.10. The third kappa shape index (κ3) is 5.25. The van der Waals surface area contributed by atoms with E-state index in [1.165, 1.54) is 10.0 Å². The molecule has 0 aliphatic heterocycles. The molecule has 0 aromatic heterocycles. The smallest absolute Gasteiger partial charge is 0.0343 e. The van der Waals surface area contributed by atoms with Gasteiger partial charge in [0.15, 0.2) is 0 Å². The van der Waals surface area contributed by atoms with E-state index in [4.69, 9.17) is 0 Å². The Labute approximate surface area is 126 Å². The number of halogens is 1. The van der Waals surface area contributed by atoms with E-state index in [2.05, 4.69) is 78.1 Å². The molecule has 108 valence electrons. The van der Waals surface area contributed by atoms with Crippen LogP contribution in [-0.2, 0) is 0 Å². The molecule has 0 saturated heterocycles. The van der Waals surface area contributed by atoms with Gasteiger partial charge in [-0.25, -0.2) is 0 Å². The molecule has 1 N–H and O–H groups in total. The average Bonchev–Trinajstić information content (AvgIpc) is 2.38. The van der Waals surface area contributed by atoms with Crippen LogP contribution in [0.5, 0.6) is 0 Å². The molecule has 0 heterocycles. The number of benzene rings is 1. The fourth-order valence-electron chi connectivity index (χ4n) is 2.45. The molecule has 1 atom stereocenters. The van der Waals surface area contributed by atoms with Crippen LogP contribution in [0.3, 0.4) is 0 Å². The second-order valence-electron chi connectivity index (χ2n) is 5.14. The normalized spacial score (nSPS) is 13.2. The maximum atomic E-state index is 3.67. The monoisotopic (exact) mass is 326 g/mol. The lowest BCUT2D eigenvalue weighted by Gasteiger charge is -2.28. The van der Waals surface area contributed by atoms with Gasteiger partial charge in [-0.3, -0.25) is 0 Å². The maximum Gasteiger partial charge on any atom is 0.0343 e. The van der Waals surface area contributed by atoms with Gasteiger partial charge < -0.3 is 10.2 Å². The highest BCUT2D eigenvalue weighted by atomic mass is 79.9. The minimum absolute atomic E-state index is 0.424. The Balaban J connectivity index is 2.71. The Morgan fingerprint density at radius 3 is 2.42 bits per heavy atom. The lowest BCUT2D eigenvalue weighted by Crippen LogP contribution is -2.34. The van der Waals surface area contributed by atoms with E-state index in [1.807, 2.05) is 0 Å². The molecule has 0 saturated carbocycles. The summed E-state index contributed by atoms with van der Waals surface area (Å²) in [6.07, 6.45) is 1.14. The van der Waals surface area contributed by atoms with E-state index in [0.717, 1.165) is 26.1 Å². The van der Waals surface area contributed by atoms with Gasteiger partial charge in [-0.2, -0.15) is 0 Å². The van der Waals surface area contributed by atoms with Gasteiger partial charge in [-0.05, 0) is 45.0 Å². The van der Waals surface area contributed by atoms with Crippen molar-refractivity contribution in [3.05, 3.63) is 34.3 Å². The Kier molecular flexibility index (Phi) is 7.66. The minimum atomic E-state index is 0.424. The molecular formula is C16H27BrN2. The van der Waals surface area contributed by atoms with Crippen molar-refractivity contribution < 1.29 is 0 Å². The predicted molar refractivity (Wildman–Crippen MR) is 87.6 cm³/mol. The van der Waals surface area contributed by atoms with Crippen molar-refractivity contribution in [3.8, 4) is 0 Å². The fraction of sp³-hybridized carbons (Fsp3) is 0.625. The number of rotatable bonds is 8. The summed E-state index contributed by atoms with van der Waals surface area (Å²) < 4.78 is 1.20. The van der Waals surface area contributed by atoms with Crippen LogP contribution in [0.2, 0.25) is 0 Å². The Hall–Kier alpha value is -0.380. The van der Waals surface area contributed by atoms with Crippen molar-refractivity contribution in [2.24, 2.45) is 0 Å². The van der Waals surface area contributed by atoms with Gasteiger partial charge in [0.1, 0.15) is 0 Å². The zero-order chi connectivity index (χ0) is 14.3. The first-order valence-electron chi connectivity index (χ1n) is 7.32. The minimum Gasteiger partial charge on any atom is -0.310 e. The zero-order valence-corrected chi connectivity index (χ0v) is 14.2. The largest absolute Gasteiger partial charge is 0.310 e. The SMILES string of the molecule is CCNC(CCN(CC)C(C)C)c1ccccc1Br. The maximum absolute atomic E-state index is 3.67. The van der Waals surface area contributed by atoms with Crippen LogP contribution in [-0.4, -0.2) is 30.6 Å². The summed E-state index contributed by atoms with van der Waals surface area (Å²) in [6.45, 7) is 12.2. The molecule has 2 nitrogen and oxygen atoms in total. The summed E-state index contributed by atoms with van der Waals surface area (Å²) >= 11 is 3.67. The Morgan fingerprint density at radius 2 is 1.89 bits per heavy atom. The summed E-state index contributed by atoms with van der Waals surface area (Å²) in [7, 11) is 0. The third-order valence-electron chi connectivity index (χ3n) is 3.57. The molecule has 0 fully saturated rings. The standard InChI is InChI=1S/C16H27BrN2/c1-5-18-16(11-12-19(6-2)13(3)4)14-9-7-8-10-15(14)17/h7-10,13,16,18H,5-6,11-12H2,1-4H3. The summed E-state index contributed by atoms with van der Waals surface area (Å²) in [5, 5.41) is 3.60. The molecule has 1 aromatic carbocycles. The molecule has 0 aliphatic rings. The molecule has 0 bridgehead atoms. The molecule has 3 heteroatoms. The Morgan fingerprint density at radius 1 is 1.21 bits per heavy atom. The van der Waals surface area contributed by atoms with Gasteiger partial charge in [0.05, 0.1) is 0 Å². The second kappa shape index (κ2) is 8.72. The fourth-order valence-corrected chi connectivity index (χ4v) is 3.01. The lowest BCUT2D eigenvalue weighted by molar-refractivity contribution is 0.220. The predicted octanol–water partition coefficient (Wildman–Crippen LogP) is 4.22. The van der Waals surface area contributed by atoms with Crippen molar-refractivity contribution in [1.29, 1.82) is 0 Å². The first kappa shape index (κ1) is 16.7. The molecular weight excluding hydrogens is 300 g/mol. The molecule has 0 spiro atoms. The van der Waals surface area contributed by atoms with Gasteiger partial charge in [0.25, 0.3) is 0 Å². The van der Waals surface area contributed by atoms with Crippen LogP contribution < -0.4 is 5.32 Å². The van der Waals surface area contributed by atoms with E-state index in [0.29, 0.717) is 12.1 Å². The van der Waals surface area contributed by atoms with Crippen molar-refractivity contribution >= 4 is 15.9 Å². The summed E-state index contributed by atoms with van der Waals surface area (Å²) in [5.74, 6) is 0. The second-order valence-corrected chi connectivity index (χ2v) is 6.00. The topological polar surface area (TPSA) is 15.3 Å². The third-order valence-corrected chi connectivity index (χ3v) is 4.29. The van der Waals surface area contributed by atoms with Crippen molar-refractivity contribution in [1.82, 2.24) is 10.2 Å². The highest BCUT2D eigenvalue weighted by molar-refractivity contribution is 9.10. The number of hydrogen-bond acceptors (Lipinski definition) is 2. The molecule has 0 amide bonds. The summed E-state index contributed by atoms with van der Waals surface area (Å²) in [5.41, 5.74) is 1.36. The molecule has 19 heavy (non-hydrogen) atoms. The number of hydrogen-bond donors (Lipinski definition) is 1. The lowest BCUT2D eigenvalue weighted by atomic mass is 10.0. The van der Waals surface area contributed by atoms with Crippen LogP contribution in [0, 0.1) is 0 Å². The van der Waals surface area contributed by atoms with Gasteiger partial charge in [0.2, 0.25) is 0 Å². The highest BCUT2D eigenvalue weighted by Gasteiger charge is 2.15.